The number of ether oxygens (including phenoxy) is 4. The van der Waals surface area contributed by atoms with E-state index in [4.69, 9.17) is 53.4 Å². The summed E-state index contributed by atoms with van der Waals surface area (Å²) in [6.45, 7) is 15.9. The van der Waals surface area contributed by atoms with Gasteiger partial charge in [0.05, 0.1) is 15.7 Å². The molecule has 0 radical (unpaired) electrons. The molecule has 4 bridgehead atoms. The minimum absolute atomic E-state index is 0.0123. The van der Waals surface area contributed by atoms with Crippen LogP contribution in [0.2, 0.25) is 0 Å². The Morgan fingerprint density at radius 3 is 1.62 bits per heavy atom. The molecule has 14 nitrogen and oxygen atoms in total. The van der Waals surface area contributed by atoms with E-state index in [9.17, 15) is 21.6 Å². The maximum Gasteiger partial charge on any atom is 0.311 e. The molecule has 4 unspecified atom stereocenters. The summed E-state index contributed by atoms with van der Waals surface area (Å²) >= 11 is 0. The Hall–Kier alpha value is -2.22. The lowest BCUT2D eigenvalue weighted by atomic mass is 9.58. The topological polar surface area (TPSA) is 168 Å². The van der Waals surface area contributed by atoms with Crippen LogP contribution in [0.5, 0.6) is 0 Å². The van der Waals surface area contributed by atoms with Crippen LogP contribution in [0, 0.1) is 61.2 Å². The van der Waals surface area contributed by atoms with Crippen molar-refractivity contribution in [1.82, 2.24) is 0 Å². The monoisotopic (exact) mass is 910 g/mol. The van der Waals surface area contributed by atoms with Crippen LogP contribution in [0.15, 0.2) is 58.3 Å². The number of carbonyl (C=O) groups excluding carboxylic acids is 1. The first-order chi connectivity index (χ1) is 28.6. The fraction of sp³-hybridized carbons (Fsp3) is 0.705. The number of rotatable bonds is 4. The molecule has 8 heterocycles. The second kappa shape index (κ2) is 16.3. The molecular weight excluding hydrogens is 852 g/mol. The van der Waals surface area contributed by atoms with Crippen molar-refractivity contribution in [3.63, 3.8) is 0 Å². The van der Waals surface area contributed by atoms with Gasteiger partial charge in [0.2, 0.25) is 17.9 Å². The zero-order chi connectivity index (χ0) is 43.9. The predicted octanol–water partition coefficient (Wildman–Crippen LogP) is 8.23. The van der Waals surface area contributed by atoms with E-state index < -0.39 is 60.8 Å². The fourth-order valence-corrected chi connectivity index (χ4v) is 13.2. The number of hydrogen-bond acceptors (Lipinski definition) is 14. The average Bonchev–Trinajstić information content (AvgIpc) is 3.57. The largest absolute Gasteiger partial charge is 0.432 e. The smallest absolute Gasteiger partial charge is 0.311 e. The number of hydrogen-bond donors (Lipinski definition) is 0. The Kier molecular flexibility index (Phi) is 12.1. The van der Waals surface area contributed by atoms with Crippen molar-refractivity contribution < 1.29 is 64.3 Å². The van der Waals surface area contributed by atoms with Crippen LogP contribution in [0.3, 0.4) is 0 Å². The lowest BCUT2D eigenvalue weighted by Gasteiger charge is -2.60. The van der Waals surface area contributed by atoms with Crippen LogP contribution < -0.4 is 0 Å². The van der Waals surface area contributed by atoms with Crippen molar-refractivity contribution in [3.05, 3.63) is 59.7 Å². The molecule has 8 aliphatic heterocycles. The van der Waals surface area contributed by atoms with Crippen LogP contribution in [-0.4, -0.2) is 64.5 Å². The normalized spacial score (nSPS) is 43.4. The molecule has 12 rings (SSSR count). The van der Waals surface area contributed by atoms with Gasteiger partial charge in [0.25, 0.3) is 19.2 Å². The molecule has 2 aromatic carbocycles. The highest BCUT2D eigenvalue weighted by Crippen LogP contribution is 2.62. The third kappa shape index (κ3) is 8.12. The van der Waals surface area contributed by atoms with Gasteiger partial charge in [0, 0.05) is 47.2 Å². The molecule has 10 fully saturated rings. The Balaban J connectivity index is 0.000000142. The molecular formula is C44H59ClO14S2. The average molecular weight is 912 g/mol. The SMILES string of the molecule is C[C@@H]1CCC2[C@@H](C)C(=O)O[C@@H]3O[C@]4(C)CCC1[C@@]23OO4.Cc1ccc(S(=O)(=O)Cl)cc1.Cc1ccc(S(=O)(=O)O[C@H]2O[C@@H]3O[C@]4(C)CCC5[C@H](C)CCC([C@H]2C)[C@]53OO4)cc1. The van der Waals surface area contributed by atoms with Crippen molar-refractivity contribution in [3.8, 4) is 0 Å². The van der Waals surface area contributed by atoms with Crippen molar-refractivity contribution in [2.24, 2.45) is 47.3 Å². The molecule has 2 aliphatic carbocycles. The first-order valence-corrected chi connectivity index (χ1v) is 25.3. The van der Waals surface area contributed by atoms with E-state index in [0.717, 1.165) is 56.1 Å². The molecule has 61 heavy (non-hydrogen) atoms. The lowest BCUT2D eigenvalue weighted by molar-refractivity contribution is -0.575. The summed E-state index contributed by atoms with van der Waals surface area (Å²) in [4.78, 5) is 35.8. The van der Waals surface area contributed by atoms with Gasteiger partial charge in [-0.05, 0) is 108 Å². The standard InChI is InChI=1S/C22H30O7S.C15H22O5.C7H7ClO2S/c1-13-5-8-16(9-6-13)30(23,24)27-19-15(3)18-10-7-14(2)17-11-12-21(4)26-20(25-19)22(17,18)29-28-21;1-8-4-5-11-9(2)12(16)17-13-15(11)10(8)6-7-14(3,18-13)19-20-15;1-6-2-4-7(5-3-6)11(8,9)10/h5-6,8-9,14-15,17-20H,7,10-12H2,1-4H3;8-11,13H,4-7H2,1-3H3;2-5H,1H3/t14-,15-,17?,18?,19-,20-,21+,22-;8-,9-,10?,11?,13-,14+,15-;/m11./s1. The van der Waals surface area contributed by atoms with Crippen LogP contribution in [0.25, 0.3) is 0 Å². The number of carbonyl (C=O) groups is 1. The van der Waals surface area contributed by atoms with E-state index >= 15 is 0 Å². The molecule has 17 heteroatoms. The number of esters is 1. The van der Waals surface area contributed by atoms with E-state index in [1.807, 2.05) is 41.5 Å². The van der Waals surface area contributed by atoms with Crippen molar-refractivity contribution in [2.75, 3.05) is 0 Å². The number of benzene rings is 2. The highest BCUT2D eigenvalue weighted by molar-refractivity contribution is 8.13. The molecule has 15 atom stereocenters. The molecule has 0 N–H and O–H groups in total. The second-order valence-corrected chi connectivity index (χ2v) is 23.2. The highest BCUT2D eigenvalue weighted by Gasteiger charge is 2.71. The van der Waals surface area contributed by atoms with Gasteiger partial charge in [-0.25, -0.2) is 32.2 Å². The number of fused-ring (bicyclic) bond motifs is 4. The van der Waals surface area contributed by atoms with Gasteiger partial charge >= 0.3 is 5.97 Å². The Labute approximate surface area is 363 Å². The maximum absolute atomic E-state index is 12.9. The van der Waals surface area contributed by atoms with Gasteiger partial charge in [-0.3, -0.25) is 4.79 Å². The third-order valence-electron chi connectivity index (χ3n) is 14.9. The summed E-state index contributed by atoms with van der Waals surface area (Å²) in [6, 6.07) is 13.0. The Morgan fingerprint density at radius 1 is 0.623 bits per heavy atom. The fourth-order valence-electron chi connectivity index (χ4n) is 11.3. The van der Waals surface area contributed by atoms with Gasteiger partial charge in [-0.1, -0.05) is 63.1 Å². The van der Waals surface area contributed by atoms with Crippen LogP contribution in [-0.2, 0) is 66.6 Å². The van der Waals surface area contributed by atoms with E-state index in [-0.39, 0.29) is 45.3 Å². The molecule has 2 saturated carbocycles. The molecule has 8 saturated heterocycles. The molecule has 10 aliphatic rings. The van der Waals surface area contributed by atoms with Crippen LogP contribution in [0.4, 0.5) is 0 Å². The molecule has 0 aromatic heterocycles. The van der Waals surface area contributed by atoms with E-state index in [1.165, 1.54) is 12.1 Å². The zero-order valence-electron chi connectivity index (χ0n) is 36.0. The first-order valence-electron chi connectivity index (χ1n) is 21.6. The summed E-state index contributed by atoms with van der Waals surface area (Å²) < 4.78 is 77.0. The van der Waals surface area contributed by atoms with Crippen molar-refractivity contribution >= 4 is 35.8 Å². The Morgan fingerprint density at radius 2 is 1.10 bits per heavy atom. The molecule has 2 aromatic rings. The van der Waals surface area contributed by atoms with E-state index in [2.05, 4.69) is 13.8 Å². The van der Waals surface area contributed by atoms with Crippen molar-refractivity contribution in [2.45, 2.75) is 158 Å². The van der Waals surface area contributed by atoms with E-state index in [1.54, 1.807) is 36.4 Å². The minimum Gasteiger partial charge on any atom is -0.432 e. The highest BCUT2D eigenvalue weighted by atomic mass is 35.7. The molecule has 0 amide bonds. The first kappa shape index (κ1) is 45.4. The summed E-state index contributed by atoms with van der Waals surface area (Å²) in [7, 11) is -2.44. The van der Waals surface area contributed by atoms with Crippen LogP contribution in [0.1, 0.15) is 104 Å². The summed E-state index contributed by atoms with van der Waals surface area (Å²) in [6.07, 6.45) is 5.13. The van der Waals surface area contributed by atoms with Crippen LogP contribution >= 0.6 is 10.7 Å². The molecule has 2 spiro atoms. The lowest BCUT2D eigenvalue weighted by Crippen LogP contribution is -2.70. The summed E-state index contributed by atoms with van der Waals surface area (Å²) in [5, 5.41) is 0. The van der Waals surface area contributed by atoms with E-state index in [0.29, 0.717) is 24.2 Å². The number of halogens is 1. The third-order valence-corrected chi connectivity index (χ3v) is 17.6. The summed E-state index contributed by atoms with van der Waals surface area (Å²) in [5.41, 5.74) is 0.643. The predicted molar refractivity (Wildman–Crippen MR) is 219 cm³/mol. The minimum atomic E-state index is -3.98. The zero-order valence-corrected chi connectivity index (χ0v) is 38.4. The van der Waals surface area contributed by atoms with Gasteiger partial charge in [-0.2, -0.15) is 8.42 Å². The van der Waals surface area contributed by atoms with Gasteiger partial charge in [0.1, 0.15) is 0 Å². The summed E-state index contributed by atoms with van der Waals surface area (Å²) in [5.74, 6) is -0.562. The van der Waals surface area contributed by atoms with Crippen molar-refractivity contribution in [1.29, 1.82) is 0 Å². The maximum atomic E-state index is 12.9. The Bertz CT molecular complexity index is 2170. The van der Waals surface area contributed by atoms with Gasteiger partial charge in [-0.15, -0.1) is 0 Å². The van der Waals surface area contributed by atoms with Gasteiger partial charge < -0.3 is 18.9 Å². The second-order valence-electron chi connectivity index (χ2n) is 19.0. The molecule has 338 valence electrons. The quantitative estimate of drug-likeness (QED) is 0.125. The number of aryl methyl sites for hydroxylation is 2. The van der Waals surface area contributed by atoms with Gasteiger partial charge in [0.15, 0.2) is 23.8 Å².